The first-order valence-corrected chi connectivity index (χ1v) is 6.87. The maximum absolute atomic E-state index is 9.24. The van der Waals surface area contributed by atoms with Crippen LogP contribution in [-0.2, 0) is 0 Å². The molecular formula is C17H13ClN2O. The number of nitrogens with zero attached hydrogens (tertiary/aromatic N) is 1. The average molecular weight is 297 g/mol. The van der Waals surface area contributed by atoms with Gasteiger partial charge in [-0.05, 0) is 42.0 Å². The topological polar surface area (TPSA) is 48.9 Å². The molecule has 1 heterocycles. The van der Waals surface area contributed by atoms with Crippen molar-refractivity contribution in [1.29, 1.82) is 0 Å². The van der Waals surface area contributed by atoms with Crippen molar-refractivity contribution < 1.29 is 5.11 Å². The third-order valence-electron chi connectivity index (χ3n) is 3.07. The average Bonchev–Trinajstić information content (AvgIpc) is 2.96. The molecule has 1 aromatic heterocycles. The fourth-order valence-electron chi connectivity index (χ4n) is 1.99. The Hall–Kier alpha value is -2.52. The van der Waals surface area contributed by atoms with Crippen LogP contribution in [0.5, 0.6) is 5.75 Å². The highest BCUT2D eigenvalue weighted by Crippen LogP contribution is 2.22. The van der Waals surface area contributed by atoms with Crippen molar-refractivity contribution in [3.63, 3.8) is 0 Å². The number of halogens is 1. The van der Waals surface area contributed by atoms with Gasteiger partial charge >= 0.3 is 0 Å². The summed E-state index contributed by atoms with van der Waals surface area (Å²) in [5.74, 6) is 0.261. The molecule has 0 radical (unpaired) electrons. The minimum absolute atomic E-state index is 0.261. The number of hydrogen-bond donors (Lipinski definition) is 2. The van der Waals surface area contributed by atoms with Gasteiger partial charge in [-0.3, -0.25) is 5.10 Å². The monoisotopic (exact) mass is 296 g/mol. The third-order valence-corrected chi connectivity index (χ3v) is 3.30. The molecule has 0 aliphatic carbocycles. The smallest absolute Gasteiger partial charge is 0.115 e. The molecule has 0 unspecified atom stereocenters. The molecule has 0 fully saturated rings. The molecule has 0 saturated heterocycles. The van der Waals surface area contributed by atoms with Crippen LogP contribution in [0, 0.1) is 0 Å². The van der Waals surface area contributed by atoms with Gasteiger partial charge in [0.25, 0.3) is 0 Å². The van der Waals surface area contributed by atoms with Crippen molar-refractivity contribution in [1.82, 2.24) is 10.2 Å². The van der Waals surface area contributed by atoms with E-state index in [2.05, 4.69) is 10.2 Å². The summed E-state index contributed by atoms with van der Waals surface area (Å²) in [5.41, 5.74) is 3.73. The Morgan fingerprint density at radius 3 is 2.57 bits per heavy atom. The Bertz CT molecular complexity index is 775. The zero-order valence-corrected chi connectivity index (χ0v) is 11.9. The number of aromatic amines is 1. The van der Waals surface area contributed by atoms with Crippen molar-refractivity contribution in [2.24, 2.45) is 0 Å². The van der Waals surface area contributed by atoms with Gasteiger partial charge in [-0.25, -0.2) is 0 Å². The quantitative estimate of drug-likeness (QED) is 0.741. The summed E-state index contributed by atoms with van der Waals surface area (Å²) >= 11 is 5.98. The maximum Gasteiger partial charge on any atom is 0.115 e. The summed E-state index contributed by atoms with van der Waals surface area (Å²) in [6.07, 6.45) is 3.89. The second-order valence-corrected chi connectivity index (χ2v) is 5.08. The van der Waals surface area contributed by atoms with E-state index in [0.29, 0.717) is 5.02 Å². The van der Waals surface area contributed by atoms with Crippen LogP contribution in [0.15, 0.2) is 54.6 Å². The van der Waals surface area contributed by atoms with E-state index in [9.17, 15) is 5.11 Å². The number of aromatic hydroxyl groups is 1. The molecule has 104 valence electrons. The Balaban J connectivity index is 1.80. The lowest BCUT2D eigenvalue weighted by atomic mass is 10.1. The molecule has 21 heavy (non-hydrogen) atoms. The Kier molecular flexibility index (Phi) is 3.75. The SMILES string of the molecule is Oc1ccc(C=Cc2cc(-c3cccc(Cl)c3)n[nH]2)cc1. The Labute approximate surface area is 127 Å². The molecule has 3 aromatic rings. The van der Waals surface area contributed by atoms with Crippen molar-refractivity contribution in [3.8, 4) is 17.0 Å². The summed E-state index contributed by atoms with van der Waals surface area (Å²) in [5, 5.41) is 17.2. The van der Waals surface area contributed by atoms with Crippen molar-refractivity contribution in [2.45, 2.75) is 0 Å². The highest BCUT2D eigenvalue weighted by molar-refractivity contribution is 6.30. The van der Waals surface area contributed by atoms with Crippen LogP contribution < -0.4 is 0 Å². The van der Waals surface area contributed by atoms with Crippen molar-refractivity contribution >= 4 is 23.8 Å². The number of H-pyrrole nitrogens is 1. The molecule has 0 aliphatic rings. The standard InChI is InChI=1S/C17H13ClN2O/c18-14-3-1-2-13(10-14)17-11-15(19-20-17)7-4-12-5-8-16(21)9-6-12/h1-11,21H,(H,19,20). The van der Waals surface area contributed by atoms with E-state index < -0.39 is 0 Å². The van der Waals surface area contributed by atoms with Crippen LogP contribution in [-0.4, -0.2) is 15.3 Å². The fourth-order valence-corrected chi connectivity index (χ4v) is 2.18. The van der Waals surface area contributed by atoms with E-state index in [0.717, 1.165) is 22.5 Å². The Morgan fingerprint density at radius 2 is 1.81 bits per heavy atom. The van der Waals surface area contributed by atoms with Gasteiger partial charge < -0.3 is 5.11 Å². The molecule has 2 N–H and O–H groups in total. The summed E-state index contributed by atoms with van der Waals surface area (Å²) in [6, 6.07) is 16.6. The Morgan fingerprint density at radius 1 is 1.00 bits per heavy atom. The highest BCUT2D eigenvalue weighted by atomic mass is 35.5. The van der Waals surface area contributed by atoms with Gasteiger partial charge in [0, 0.05) is 10.6 Å². The summed E-state index contributed by atoms with van der Waals surface area (Å²) in [6.45, 7) is 0. The van der Waals surface area contributed by atoms with Gasteiger partial charge in [-0.2, -0.15) is 5.10 Å². The molecule has 4 heteroatoms. The number of aromatic nitrogens is 2. The largest absolute Gasteiger partial charge is 0.508 e. The van der Waals surface area contributed by atoms with Crippen molar-refractivity contribution in [3.05, 3.63) is 70.9 Å². The molecule has 0 aliphatic heterocycles. The van der Waals surface area contributed by atoms with E-state index in [1.807, 2.05) is 54.6 Å². The van der Waals surface area contributed by atoms with Gasteiger partial charge in [-0.15, -0.1) is 0 Å². The molecule has 0 bridgehead atoms. The molecular weight excluding hydrogens is 284 g/mol. The summed E-state index contributed by atoms with van der Waals surface area (Å²) in [7, 11) is 0. The van der Waals surface area contributed by atoms with Crippen molar-refractivity contribution in [2.75, 3.05) is 0 Å². The summed E-state index contributed by atoms with van der Waals surface area (Å²) in [4.78, 5) is 0. The number of benzene rings is 2. The molecule has 3 nitrogen and oxygen atoms in total. The minimum atomic E-state index is 0.261. The van der Waals surface area contributed by atoms with Crippen LogP contribution in [0.3, 0.4) is 0 Å². The molecule has 0 amide bonds. The van der Waals surface area contributed by atoms with E-state index in [1.54, 1.807) is 12.1 Å². The number of rotatable bonds is 3. The van der Waals surface area contributed by atoms with Crippen LogP contribution in [0.2, 0.25) is 5.02 Å². The molecule has 2 aromatic carbocycles. The first-order valence-electron chi connectivity index (χ1n) is 6.49. The van der Waals surface area contributed by atoms with Crippen LogP contribution in [0.1, 0.15) is 11.3 Å². The predicted molar refractivity (Wildman–Crippen MR) is 86.1 cm³/mol. The normalized spacial score (nSPS) is 11.1. The van der Waals surface area contributed by atoms with Crippen LogP contribution >= 0.6 is 11.6 Å². The fraction of sp³-hybridized carbons (Fsp3) is 0. The van der Waals surface area contributed by atoms with E-state index in [4.69, 9.17) is 11.6 Å². The number of phenolic OH excluding ortho intramolecular Hbond substituents is 1. The first-order chi connectivity index (χ1) is 10.2. The molecule has 0 atom stereocenters. The van der Waals surface area contributed by atoms with Gasteiger partial charge in [-0.1, -0.05) is 41.9 Å². The van der Waals surface area contributed by atoms with Gasteiger partial charge in [0.15, 0.2) is 0 Å². The number of hydrogen-bond acceptors (Lipinski definition) is 2. The second kappa shape index (κ2) is 5.85. The lowest BCUT2D eigenvalue weighted by Gasteiger charge is -1.95. The first kappa shape index (κ1) is 13.5. The van der Waals surface area contributed by atoms with Crippen LogP contribution in [0.4, 0.5) is 0 Å². The second-order valence-electron chi connectivity index (χ2n) is 4.64. The zero-order valence-electron chi connectivity index (χ0n) is 11.1. The zero-order chi connectivity index (χ0) is 14.7. The van der Waals surface area contributed by atoms with E-state index in [-0.39, 0.29) is 5.75 Å². The van der Waals surface area contributed by atoms with E-state index >= 15 is 0 Å². The third kappa shape index (κ3) is 3.33. The van der Waals surface area contributed by atoms with Gasteiger partial charge in [0.2, 0.25) is 0 Å². The lowest BCUT2D eigenvalue weighted by Crippen LogP contribution is -1.76. The molecule has 0 saturated carbocycles. The number of nitrogens with one attached hydrogen (secondary N) is 1. The minimum Gasteiger partial charge on any atom is -0.508 e. The molecule has 3 rings (SSSR count). The predicted octanol–water partition coefficient (Wildman–Crippen LogP) is 4.61. The van der Waals surface area contributed by atoms with Gasteiger partial charge in [0.1, 0.15) is 5.75 Å². The van der Waals surface area contributed by atoms with Crippen LogP contribution in [0.25, 0.3) is 23.4 Å². The number of phenols is 1. The van der Waals surface area contributed by atoms with Gasteiger partial charge in [0.05, 0.1) is 11.4 Å². The lowest BCUT2D eigenvalue weighted by molar-refractivity contribution is 0.475. The highest BCUT2D eigenvalue weighted by Gasteiger charge is 2.02. The van der Waals surface area contributed by atoms with E-state index in [1.165, 1.54) is 0 Å². The maximum atomic E-state index is 9.24. The summed E-state index contributed by atoms with van der Waals surface area (Å²) < 4.78 is 0. The molecule has 0 spiro atoms.